The van der Waals surface area contributed by atoms with Crippen LogP contribution in [0.4, 0.5) is 0 Å². The van der Waals surface area contributed by atoms with Crippen LogP contribution in [0.1, 0.15) is 67.2 Å². The Morgan fingerprint density at radius 3 is 1.54 bits per heavy atom. The van der Waals surface area contributed by atoms with Crippen molar-refractivity contribution >= 4 is 11.8 Å². The highest BCUT2D eigenvalue weighted by atomic mass is 16.5. The average Bonchev–Trinajstić information content (AvgIpc) is 2.57. The van der Waals surface area contributed by atoms with E-state index in [2.05, 4.69) is 0 Å². The summed E-state index contributed by atoms with van der Waals surface area (Å²) < 4.78 is 11.9. The molecule has 0 radical (unpaired) electrons. The Morgan fingerprint density at radius 1 is 0.786 bits per heavy atom. The van der Waals surface area contributed by atoms with Gasteiger partial charge in [0.05, 0.1) is 23.4 Å². The molecule has 3 rings (SSSR count). The van der Waals surface area contributed by atoms with Gasteiger partial charge in [0.1, 0.15) is 0 Å². The first-order valence-corrected chi connectivity index (χ1v) is 10.9. The van der Waals surface area contributed by atoms with Gasteiger partial charge in [-0.25, -0.2) is 0 Å². The Hall–Kier alpha value is -1.14. The molecule has 3 fully saturated rings. The van der Waals surface area contributed by atoms with Crippen molar-refractivity contribution < 1.29 is 19.1 Å². The fourth-order valence-electron chi connectivity index (χ4n) is 5.40. The third-order valence-electron chi connectivity index (χ3n) is 6.13. The Labute approximate surface area is 169 Å². The highest BCUT2D eigenvalue weighted by Crippen LogP contribution is 2.34. The zero-order chi connectivity index (χ0) is 20.7. The van der Waals surface area contributed by atoms with E-state index in [1.807, 2.05) is 51.3 Å². The van der Waals surface area contributed by atoms with Gasteiger partial charge in [0, 0.05) is 38.0 Å². The van der Waals surface area contributed by atoms with Crippen molar-refractivity contribution in [2.75, 3.05) is 26.2 Å². The zero-order valence-electron chi connectivity index (χ0n) is 18.5. The summed E-state index contributed by atoms with van der Waals surface area (Å²) in [5, 5.41) is 0. The molecule has 2 heterocycles. The highest BCUT2D eigenvalue weighted by Gasteiger charge is 2.41. The van der Waals surface area contributed by atoms with Gasteiger partial charge in [-0.3, -0.25) is 9.59 Å². The first-order chi connectivity index (χ1) is 13.0. The minimum atomic E-state index is -0.313. The third-order valence-corrected chi connectivity index (χ3v) is 6.13. The maximum atomic E-state index is 13.2. The van der Waals surface area contributed by atoms with E-state index in [0.717, 1.165) is 19.3 Å². The van der Waals surface area contributed by atoms with Crippen molar-refractivity contribution in [1.82, 2.24) is 9.80 Å². The van der Waals surface area contributed by atoms with Gasteiger partial charge < -0.3 is 19.3 Å². The van der Waals surface area contributed by atoms with Gasteiger partial charge in [0.15, 0.2) is 0 Å². The summed E-state index contributed by atoms with van der Waals surface area (Å²) in [6, 6.07) is 0. The number of hydrogen-bond acceptors (Lipinski definition) is 4. The molecular formula is C22H38N2O4. The molecule has 28 heavy (non-hydrogen) atoms. The lowest BCUT2D eigenvalue weighted by Gasteiger charge is -2.45. The predicted octanol–water partition coefficient (Wildman–Crippen LogP) is 2.84. The Kier molecular flexibility index (Phi) is 6.12. The lowest BCUT2D eigenvalue weighted by atomic mass is 9.79. The number of hydrogen-bond donors (Lipinski definition) is 0. The predicted molar refractivity (Wildman–Crippen MR) is 108 cm³/mol. The molecule has 0 unspecified atom stereocenters. The second-order valence-corrected chi connectivity index (χ2v) is 10.4. The fraction of sp³-hybridized carbons (Fsp3) is 0.909. The van der Waals surface area contributed by atoms with Crippen LogP contribution in [0.2, 0.25) is 0 Å². The summed E-state index contributed by atoms with van der Waals surface area (Å²) in [7, 11) is 0. The van der Waals surface area contributed by atoms with Crippen LogP contribution >= 0.6 is 0 Å². The van der Waals surface area contributed by atoms with Crippen LogP contribution in [-0.4, -0.2) is 71.2 Å². The standard InChI is InChI=1S/C22H38N2O4/c1-15-11-23(13-21(3,4)27-15)19(25)17-8-7-9-18(10-17)20(26)24-12-16(2)28-22(5,6)14-24/h15-18H,7-14H2,1-6H3/t15-,16+,17-,18-/m1/s1. The molecule has 0 aromatic rings. The Bertz CT molecular complexity index is 553. The summed E-state index contributed by atoms with van der Waals surface area (Å²) in [5.41, 5.74) is -0.626. The molecule has 0 spiro atoms. The Morgan fingerprint density at radius 2 is 1.18 bits per heavy atom. The van der Waals surface area contributed by atoms with E-state index in [1.165, 1.54) is 0 Å². The maximum Gasteiger partial charge on any atom is 0.225 e. The van der Waals surface area contributed by atoms with Crippen LogP contribution in [0, 0.1) is 11.8 Å². The molecule has 6 nitrogen and oxygen atoms in total. The number of carbonyl (C=O) groups is 2. The fourth-order valence-corrected chi connectivity index (χ4v) is 5.40. The van der Waals surface area contributed by atoms with Crippen LogP contribution in [-0.2, 0) is 19.1 Å². The molecule has 6 heteroatoms. The summed E-state index contributed by atoms with van der Waals surface area (Å²) in [5.74, 6) is 0.318. The highest BCUT2D eigenvalue weighted by molar-refractivity contribution is 5.83. The number of ether oxygens (including phenoxy) is 2. The van der Waals surface area contributed by atoms with Crippen molar-refractivity contribution in [2.24, 2.45) is 11.8 Å². The van der Waals surface area contributed by atoms with Gasteiger partial charge in [-0.2, -0.15) is 0 Å². The first kappa shape index (κ1) is 21.6. The van der Waals surface area contributed by atoms with E-state index in [0.29, 0.717) is 32.6 Å². The van der Waals surface area contributed by atoms with E-state index >= 15 is 0 Å². The molecule has 1 saturated carbocycles. The van der Waals surface area contributed by atoms with Gasteiger partial charge in [0.25, 0.3) is 0 Å². The molecule has 0 aromatic carbocycles. The van der Waals surface area contributed by atoms with Gasteiger partial charge in [-0.05, 0) is 60.8 Å². The van der Waals surface area contributed by atoms with Gasteiger partial charge in [-0.1, -0.05) is 6.42 Å². The van der Waals surface area contributed by atoms with Crippen LogP contribution in [0.5, 0.6) is 0 Å². The van der Waals surface area contributed by atoms with Crippen molar-refractivity contribution in [3.63, 3.8) is 0 Å². The van der Waals surface area contributed by atoms with E-state index < -0.39 is 0 Å². The van der Waals surface area contributed by atoms with E-state index in [-0.39, 0.29) is 47.1 Å². The van der Waals surface area contributed by atoms with Crippen molar-refractivity contribution in [2.45, 2.75) is 90.6 Å². The summed E-state index contributed by atoms with van der Waals surface area (Å²) >= 11 is 0. The minimum Gasteiger partial charge on any atom is -0.369 e. The summed E-state index contributed by atoms with van der Waals surface area (Å²) in [6.07, 6.45) is 3.49. The molecule has 0 aromatic heterocycles. The minimum absolute atomic E-state index is 0.0460. The van der Waals surface area contributed by atoms with Crippen molar-refractivity contribution in [3.8, 4) is 0 Å². The normalized spacial score (nSPS) is 35.5. The zero-order valence-corrected chi connectivity index (χ0v) is 18.5. The molecule has 2 aliphatic heterocycles. The molecule has 0 N–H and O–H groups in total. The van der Waals surface area contributed by atoms with Gasteiger partial charge >= 0.3 is 0 Å². The lowest BCUT2D eigenvalue weighted by Crippen LogP contribution is -2.56. The monoisotopic (exact) mass is 394 g/mol. The third kappa shape index (κ3) is 5.07. The SMILES string of the molecule is C[C@@H]1CN(C(=O)[C@@H]2CCC[C@@H](C(=O)N3C[C@H](C)OC(C)(C)C3)C2)CC(C)(C)O1. The number of rotatable bonds is 2. The topological polar surface area (TPSA) is 59.1 Å². The van der Waals surface area contributed by atoms with E-state index in [1.54, 1.807) is 0 Å². The van der Waals surface area contributed by atoms with Gasteiger partial charge in [-0.15, -0.1) is 0 Å². The molecule has 0 bridgehead atoms. The molecular weight excluding hydrogens is 356 g/mol. The number of morpholine rings is 2. The largest absolute Gasteiger partial charge is 0.369 e. The van der Waals surface area contributed by atoms with Crippen LogP contribution in [0.3, 0.4) is 0 Å². The van der Waals surface area contributed by atoms with Crippen LogP contribution in [0.25, 0.3) is 0 Å². The maximum absolute atomic E-state index is 13.2. The molecule has 3 aliphatic rings. The van der Waals surface area contributed by atoms with Gasteiger partial charge in [0.2, 0.25) is 11.8 Å². The lowest BCUT2D eigenvalue weighted by molar-refractivity contribution is -0.166. The first-order valence-electron chi connectivity index (χ1n) is 10.9. The average molecular weight is 395 g/mol. The van der Waals surface area contributed by atoms with Crippen molar-refractivity contribution in [3.05, 3.63) is 0 Å². The molecule has 4 atom stereocenters. The second kappa shape index (κ2) is 7.94. The quantitative estimate of drug-likeness (QED) is 0.723. The number of carbonyl (C=O) groups excluding carboxylic acids is 2. The van der Waals surface area contributed by atoms with Crippen LogP contribution in [0.15, 0.2) is 0 Å². The van der Waals surface area contributed by atoms with E-state index in [4.69, 9.17) is 9.47 Å². The van der Waals surface area contributed by atoms with Crippen LogP contribution < -0.4 is 0 Å². The smallest absolute Gasteiger partial charge is 0.225 e. The van der Waals surface area contributed by atoms with Crippen molar-refractivity contribution in [1.29, 1.82) is 0 Å². The summed E-state index contributed by atoms with van der Waals surface area (Å²) in [6.45, 7) is 14.7. The second-order valence-electron chi connectivity index (χ2n) is 10.4. The molecule has 2 amide bonds. The molecule has 1 aliphatic carbocycles. The number of amides is 2. The molecule has 160 valence electrons. The summed E-state index contributed by atoms with van der Waals surface area (Å²) in [4.78, 5) is 30.4. The Balaban J connectivity index is 1.63. The molecule has 2 saturated heterocycles. The number of nitrogens with zero attached hydrogens (tertiary/aromatic N) is 2. The van der Waals surface area contributed by atoms with E-state index in [9.17, 15) is 9.59 Å².